The van der Waals surface area contributed by atoms with E-state index < -0.39 is 5.97 Å². The third kappa shape index (κ3) is 3.30. The number of esters is 1. The van der Waals surface area contributed by atoms with Crippen LogP contribution >= 0.6 is 0 Å². The first-order chi connectivity index (χ1) is 12.7. The number of rotatable bonds is 3. The van der Waals surface area contributed by atoms with Crippen LogP contribution in [0.4, 0.5) is 0 Å². The van der Waals surface area contributed by atoms with E-state index >= 15 is 0 Å². The van der Waals surface area contributed by atoms with Gasteiger partial charge in [-0.15, -0.1) is 0 Å². The molecule has 1 aromatic heterocycles. The molecule has 1 saturated carbocycles. The monoisotopic (exact) mass is 352 g/mol. The summed E-state index contributed by atoms with van der Waals surface area (Å²) in [5.41, 5.74) is 1.02. The second kappa shape index (κ2) is 7.44. The van der Waals surface area contributed by atoms with Crippen molar-refractivity contribution in [1.82, 2.24) is 9.88 Å². The molecular formula is C21H24N2O3. The summed E-state index contributed by atoms with van der Waals surface area (Å²) in [5.74, 6) is 0.0717. The van der Waals surface area contributed by atoms with Crippen molar-refractivity contribution in [2.45, 2.75) is 44.6 Å². The third-order valence-corrected chi connectivity index (χ3v) is 5.74. The molecule has 1 aliphatic heterocycles. The number of nitrogens with zero attached hydrogens (tertiary/aromatic N) is 2. The van der Waals surface area contributed by atoms with Crippen LogP contribution in [0.25, 0.3) is 10.9 Å². The molecule has 1 saturated heterocycles. The van der Waals surface area contributed by atoms with Crippen molar-refractivity contribution in [2.75, 3.05) is 13.2 Å². The van der Waals surface area contributed by atoms with Crippen LogP contribution < -0.4 is 0 Å². The van der Waals surface area contributed by atoms with Crippen LogP contribution in [0.2, 0.25) is 0 Å². The second-order valence-corrected chi connectivity index (χ2v) is 7.30. The molecule has 0 N–H and O–H groups in total. The number of hydrogen-bond acceptors (Lipinski definition) is 4. The number of pyridine rings is 1. The maximum Gasteiger partial charge on any atom is 0.340 e. The maximum absolute atomic E-state index is 12.7. The quantitative estimate of drug-likeness (QED) is 0.793. The van der Waals surface area contributed by atoms with Crippen LogP contribution in [0.15, 0.2) is 36.5 Å². The molecule has 4 rings (SSSR count). The van der Waals surface area contributed by atoms with Crippen molar-refractivity contribution in [2.24, 2.45) is 5.92 Å². The molecule has 5 heteroatoms. The van der Waals surface area contributed by atoms with E-state index in [-0.39, 0.29) is 12.5 Å². The Balaban J connectivity index is 1.43. The lowest BCUT2D eigenvalue weighted by molar-refractivity contribution is -0.140. The largest absolute Gasteiger partial charge is 0.452 e. The zero-order chi connectivity index (χ0) is 17.9. The molecule has 136 valence electrons. The van der Waals surface area contributed by atoms with E-state index in [9.17, 15) is 9.59 Å². The average molecular weight is 352 g/mol. The molecule has 1 aromatic carbocycles. The summed E-state index contributed by atoms with van der Waals surface area (Å²) < 4.78 is 5.36. The normalized spacial score (nSPS) is 22.7. The van der Waals surface area contributed by atoms with Crippen molar-refractivity contribution in [3.8, 4) is 0 Å². The number of amides is 1. The standard InChI is InChI=1S/C21H24N2O3/c24-19(23-13-5-9-15-6-1-2-11-18(15)23)14-26-21(25)17-10-3-7-16-8-4-12-22-20(16)17/h3-4,7-8,10,12,15,18H,1-2,5-6,9,11,13-14H2/t15-,18-/m0/s1. The van der Waals surface area contributed by atoms with Gasteiger partial charge in [0, 0.05) is 24.2 Å². The zero-order valence-corrected chi connectivity index (χ0v) is 14.9. The lowest BCUT2D eigenvalue weighted by atomic mass is 9.78. The van der Waals surface area contributed by atoms with Crippen LogP contribution in [0.5, 0.6) is 0 Å². The van der Waals surface area contributed by atoms with Crippen molar-refractivity contribution < 1.29 is 14.3 Å². The molecular weight excluding hydrogens is 328 g/mol. The van der Waals surface area contributed by atoms with E-state index in [4.69, 9.17) is 4.74 Å². The highest BCUT2D eigenvalue weighted by atomic mass is 16.5. The summed E-state index contributed by atoms with van der Waals surface area (Å²) in [4.78, 5) is 31.4. The van der Waals surface area contributed by atoms with Crippen molar-refractivity contribution >= 4 is 22.8 Å². The van der Waals surface area contributed by atoms with E-state index in [1.54, 1.807) is 18.3 Å². The highest BCUT2D eigenvalue weighted by molar-refractivity contribution is 6.03. The highest BCUT2D eigenvalue weighted by Gasteiger charge is 2.35. The Bertz CT molecular complexity index is 813. The Kier molecular flexibility index (Phi) is 4.87. The van der Waals surface area contributed by atoms with Crippen molar-refractivity contribution in [1.29, 1.82) is 0 Å². The molecule has 5 nitrogen and oxygen atoms in total. The summed E-state index contributed by atoms with van der Waals surface area (Å²) in [5, 5.41) is 0.884. The molecule has 2 heterocycles. The van der Waals surface area contributed by atoms with Gasteiger partial charge in [-0.05, 0) is 43.7 Å². The summed E-state index contributed by atoms with van der Waals surface area (Å²) in [6.07, 6.45) is 8.68. The number of ether oxygens (including phenoxy) is 1. The molecule has 2 fully saturated rings. The number of hydrogen-bond donors (Lipinski definition) is 0. The fourth-order valence-electron chi connectivity index (χ4n) is 4.49. The number of carbonyl (C=O) groups is 2. The van der Waals surface area contributed by atoms with Crippen LogP contribution in [-0.4, -0.2) is 41.0 Å². The topological polar surface area (TPSA) is 59.5 Å². The number of benzene rings is 1. The first-order valence-electron chi connectivity index (χ1n) is 9.54. The van der Waals surface area contributed by atoms with Gasteiger partial charge in [0.05, 0.1) is 11.1 Å². The molecule has 0 spiro atoms. The van der Waals surface area contributed by atoms with Gasteiger partial charge in [0.25, 0.3) is 5.91 Å². The second-order valence-electron chi connectivity index (χ2n) is 7.30. The minimum absolute atomic E-state index is 0.0665. The lowest BCUT2D eigenvalue weighted by Gasteiger charge is -2.44. The van der Waals surface area contributed by atoms with Gasteiger partial charge in [0.2, 0.25) is 0 Å². The summed E-state index contributed by atoms with van der Waals surface area (Å²) >= 11 is 0. The number of fused-ring (bicyclic) bond motifs is 2. The molecule has 0 unspecified atom stereocenters. The van der Waals surface area contributed by atoms with Crippen molar-refractivity contribution in [3.05, 3.63) is 42.1 Å². The summed E-state index contributed by atoms with van der Waals surface area (Å²) in [7, 11) is 0. The maximum atomic E-state index is 12.7. The van der Waals surface area contributed by atoms with E-state index in [1.165, 1.54) is 25.7 Å². The van der Waals surface area contributed by atoms with Gasteiger partial charge in [-0.2, -0.15) is 0 Å². The molecule has 2 aliphatic rings. The molecule has 26 heavy (non-hydrogen) atoms. The number of para-hydroxylation sites is 1. The van der Waals surface area contributed by atoms with Gasteiger partial charge in [-0.25, -0.2) is 4.79 Å². The fraction of sp³-hybridized carbons (Fsp3) is 0.476. The average Bonchev–Trinajstić information content (AvgIpc) is 2.71. The van der Waals surface area contributed by atoms with Gasteiger partial charge in [-0.3, -0.25) is 9.78 Å². The number of aromatic nitrogens is 1. The number of carbonyl (C=O) groups excluding carboxylic acids is 2. The molecule has 1 amide bonds. The van der Waals surface area contributed by atoms with Crippen LogP contribution in [0, 0.1) is 5.92 Å². The summed E-state index contributed by atoms with van der Waals surface area (Å²) in [6, 6.07) is 9.48. The van der Waals surface area contributed by atoms with Crippen LogP contribution in [0.3, 0.4) is 0 Å². The van der Waals surface area contributed by atoms with Gasteiger partial charge in [0.1, 0.15) is 0 Å². The predicted molar refractivity (Wildman–Crippen MR) is 98.7 cm³/mol. The Morgan fingerprint density at radius 2 is 1.88 bits per heavy atom. The van der Waals surface area contributed by atoms with E-state index in [2.05, 4.69) is 4.98 Å². The zero-order valence-electron chi connectivity index (χ0n) is 14.9. The fourth-order valence-corrected chi connectivity index (χ4v) is 4.49. The minimum atomic E-state index is -0.486. The predicted octanol–water partition coefficient (Wildman–Crippen LogP) is 3.57. The number of likely N-dealkylation sites (tertiary alicyclic amines) is 1. The molecule has 2 aromatic rings. The molecule has 0 radical (unpaired) electrons. The molecule has 2 atom stereocenters. The Hall–Kier alpha value is -2.43. The van der Waals surface area contributed by atoms with Gasteiger partial charge >= 0.3 is 5.97 Å². The van der Waals surface area contributed by atoms with E-state index in [0.717, 1.165) is 24.8 Å². The van der Waals surface area contributed by atoms with Crippen molar-refractivity contribution in [3.63, 3.8) is 0 Å². The Morgan fingerprint density at radius 3 is 2.81 bits per heavy atom. The number of piperidine rings is 1. The van der Waals surface area contributed by atoms with Gasteiger partial charge in [-0.1, -0.05) is 31.0 Å². The summed E-state index contributed by atoms with van der Waals surface area (Å²) in [6.45, 7) is 0.596. The van der Waals surface area contributed by atoms with Crippen LogP contribution in [-0.2, 0) is 9.53 Å². The smallest absolute Gasteiger partial charge is 0.340 e. The van der Waals surface area contributed by atoms with E-state index in [1.807, 2.05) is 23.1 Å². The first kappa shape index (κ1) is 17.0. The van der Waals surface area contributed by atoms with E-state index in [0.29, 0.717) is 23.0 Å². The first-order valence-corrected chi connectivity index (χ1v) is 9.54. The molecule has 0 bridgehead atoms. The Morgan fingerprint density at radius 1 is 1.08 bits per heavy atom. The molecule has 1 aliphatic carbocycles. The highest BCUT2D eigenvalue weighted by Crippen LogP contribution is 2.35. The van der Waals surface area contributed by atoms with Crippen LogP contribution in [0.1, 0.15) is 48.9 Å². The lowest BCUT2D eigenvalue weighted by Crippen LogP contribution is -2.50. The minimum Gasteiger partial charge on any atom is -0.452 e. The third-order valence-electron chi connectivity index (χ3n) is 5.74. The Labute approximate surface area is 153 Å². The van der Waals surface area contributed by atoms with Gasteiger partial charge in [0.15, 0.2) is 6.61 Å². The van der Waals surface area contributed by atoms with Gasteiger partial charge < -0.3 is 9.64 Å². The SMILES string of the molecule is O=C(OCC(=O)N1CCC[C@@H]2CCCC[C@@H]21)c1cccc2cccnc12.